The number of hydrogen-bond donors (Lipinski definition) is 3. The molecular formula is C23H41N5O2S2. The number of rotatable bonds is 9. The van der Waals surface area contributed by atoms with Crippen LogP contribution < -0.4 is 11.6 Å². The number of aliphatic hydroxyl groups is 1. The predicted molar refractivity (Wildman–Crippen MR) is 134 cm³/mol. The molecule has 2 aliphatic heterocycles. The van der Waals surface area contributed by atoms with Crippen molar-refractivity contribution in [2.24, 2.45) is 11.6 Å². The third kappa shape index (κ3) is 6.55. The summed E-state index contributed by atoms with van der Waals surface area (Å²) in [5, 5.41) is 11.2. The number of aliphatic hydroxyl groups excluding tert-OH is 1. The first-order valence-corrected chi connectivity index (χ1v) is 14.2. The second kappa shape index (κ2) is 11.9. The number of piperidine rings is 2. The van der Waals surface area contributed by atoms with Crippen LogP contribution in [0.4, 0.5) is 0 Å². The van der Waals surface area contributed by atoms with Gasteiger partial charge in [0.2, 0.25) is 0 Å². The molecule has 32 heavy (non-hydrogen) atoms. The number of thiophene rings is 1. The molecule has 5 N–H and O–H groups in total. The van der Waals surface area contributed by atoms with Crippen molar-refractivity contribution in [1.29, 1.82) is 0 Å². The van der Waals surface area contributed by atoms with Crippen molar-refractivity contribution in [2.75, 3.05) is 39.0 Å². The predicted octanol–water partition coefficient (Wildman–Crippen LogP) is 2.15. The van der Waals surface area contributed by atoms with Crippen LogP contribution in [0, 0.1) is 0 Å². The molecule has 0 aromatic carbocycles. The lowest BCUT2D eigenvalue weighted by molar-refractivity contribution is 0.155. The molecule has 4 unspecified atom stereocenters. The van der Waals surface area contributed by atoms with E-state index in [0.717, 1.165) is 57.3 Å². The fourth-order valence-corrected chi connectivity index (χ4v) is 6.98. The Morgan fingerprint density at radius 2 is 2.19 bits per heavy atom. The van der Waals surface area contributed by atoms with E-state index in [1.807, 2.05) is 21.8 Å². The van der Waals surface area contributed by atoms with E-state index in [2.05, 4.69) is 24.8 Å². The Kier molecular flexibility index (Phi) is 9.57. The molecule has 0 bridgehead atoms. The number of aryl methyl sites for hydroxylation is 1. The Morgan fingerprint density at radius 3 is 2.84 bits per heavy atom. The van der Waals surface area contributed by atoms with Crippen LogP contribution in [-0.2, 0) is 23.8 Å². The molecule has 0 aliphatic carbocycles. The molecule has 0 spiro atoms. The summed E-state index contributed by atoms with van der Waals surface area (Å²) >= 11 is 1.87. The SMILES string of the molecule is CCc1cc(C2CCN(C/C(N)=C/N(N)C3CCCN(S(C)=O)C3)C(C)C2)c(CCO)s1. The summed E-state index contributed by atoms with van der Waals surface area (Å²) in [6.45, 7) is 8.00. The number of hydrazine groups is 1. The van der Waals surface area contributed by atoms with Gasteiger partial charge in [0.05, 0.1) is 17.0 Å². The van der Waals surface area contributed by atoms with Crippen LogP contribution in [0.1, 0.15) is 60.8 Å². The van der Waals surface area contributed by atoms with Crippen molar-refractivity contribution in [3.63, 3.8) is 0 Å². The Hall–Kier alpha value is -0.970. The molecule has 182 valence electrons. The highest BCUT2D eigenvalue weighted by Gasteiger charge is 2.29. The fraction of sp³-hybridized carbons (Fsp3) is 0.739. The van der Waals surface area contributed by atoms with Gasteiger partial charge in [0.15, 0.2) is 0 Å². The van der Waals surface area contributed by atoms with Gasteiger partial charge in [-0.3, -0.25) is 4.90 Å². The van der Waals surface area contributed by atoms with Crippen molar-refractivity contribution in [1.82, 2.24) is 14.2 Å². The highest BCUT2D eigenvalue weighted by atomic mass is 32.2. The fourth-order valence-electron chi connectivity index (χ4n) is 5.03. The van der Waals surface area contributed by atoms with Crippen LogP contribution in [0.5, 0.6) is 0 Å². The van der Waals surface area contributed by atoms with E-state index in [4.69, 9.17) is 11.6 Å². The summed E-state index contributed by atoms with van der Waals surface area (Å²) in [7, 11) is -0.956. The molecule has 1 aromatic heterocycles. The van der Waals surface area contributed by atoms with E-state index in [-0.39, 0.29) is 12.6 Å². The first-order chi connectivity index (χ1) is 15.3. The van der Waals surface area contributed by atoms with Gasteiger partial charge < -0.3 is 15.8 Å². The number of nitrogens with zero attached hydrogens (tertiary/aromatic N) is 3. The van der Waals surface area contributed by atoms with Gasteiger partial charge in [-0.05, 0) is 63.1 Å². The van der Waals surface area contributed by atoms with Crippen molar-refractivity contribution in [3.05, 3.63) is 33.3 Å². The molecule has 2 aliphatic rings. The van der Waals surface area contributed by atoms with Crippen LogP contribution in [-0.4, -0.2) is 74.7 Å². The molecule has 3 heterocycles. The molecule has 1 aromatic rings. The summed E-state index contributed by atoms with van der Waals surface area (Å²) in [5.41, 5.74) is 8.63. The average molecular weight is 484 g/mol. The zero-order valence-electron chi connectivity index (χ0n) is 19.8. The van der Waals surface area contributed by atoms with Crippen LogP contribution in [0.3, 0.4) is 0 Å². The molecule has 2 fully saturated rings. The Labute approximate surface area is 200 Å². The van der Waals surface area contributed by atoms with Gasteiger partial charge >= 0.3 is 0 Å². The van der Waals surface area contributed by atoms with Gasteiger partial charge in [-0.1, -0.05) is 6.92 Å². The van der Waals surface area contributed by atoms with Crippen molar-refractivity contribution >= 4 is 22.3 Å². The van der Waals surface area contributed by atoms with Crippen LogP contribution in [0.25, 0.3) is 0 Å². The molecule has 0 saturated carbocycles. The normalized spacial score (nSPS) is 26.9. The van der Waals surface area contributed by atoms with Gasteiger partial charge in [0, 0.05) is 66.6 Å². The molecule has 0 amide bonds. The lowest BCUT2D eigenvalue weighted by Crippen LogP contribution is -2.49. The minimum absolute atomic E-state index is 0.144. The highest BCUT2D eigenvalue weighted by Crippen LogP contribution is 2.37. The van der Waals surface area contributed by atoms with E-state index in [0.29, 0.717) is 25.0 Å². The number of likely N-dealkylation sites (tertiary alicyclic amines) is 1. The molecule has 2 saturated heterocycles. The molecule has 4 atom stereocenters. The zero-order chi connectivity index (χ0) is 23.3. The third-order valence-electron chi connectivity index (χ3n) is 6.88. The molecule has 0 radical (unpaired) electrons. The summed E-state index contributed by atoms with van der Waals surface area (Å²) in [5.74, 6) is 6.88. The highest BCUT2D eigenvalue weighted by molar-refractivity contribution is 7.81. The van der Waals surface area contributed by atoms with Crippen molar-refractivity contribution < 1.29 is 9.32 Å². The maximum absolute atomic E-state index is 11.8. The van der Waals surface area contributed by atoms with Gasteiger partial charge in [-0.15, -0.1) is 11.3 Å². The van der Waals surface area contributed by atoms with E-state index in [9.17, 15) is 9.32 Å². The minimum Gasteiger partial charge on any atom is -0.400 e. The molecular weight excluding hydrogens is 442 g/mol. The lowest BCUT2D eigenvalue weighted by Gasteiger charge is -2.38. The maximum Gasteiger partial charge on any atom is 0.0911 e. The lowest BCUT2D eigenvalue weighted by atomic mass is 9.85. The second-order valence-electron chi connectivity index (χ2n) is 9.22. The van der Waals surface area contributed by atoms with Gasteiger partial charge in [-0.25, -0.2) is 14.4 Å². The summed E-state index contributed by atoms with van der Waals surface area (Å²) in [4.78, 5) is 5.23. The van der Waals surface area contributed by atoms with Crippen LogP contribution >= 0.6 is 11.3 Å². The van der Waals surface area contributed by atoms with E-state index in [1.54, 1.807) is 11.3 Å². The molecule has 3 rings (SSSR count). The smallest absolute Gasteiger partial charge is 0.0911 e. The molecule has 7 nitrogen and oxygen atoms in total. The maximum atomic E-state index is 11.8. The minimum atomic E-state index is -0.956. The van der Waals surface area contributed by atoms with Crippen molar-refractivity contribution in [3.8, 4) is 0 Å². The summed E-state index contributed by atoms with van der Waals surface area (Å²) < 4.78 is 13.8. The van der Waals surface area contributed by atoms with Crippen LogP contribution in [0.2, 0.25) is 0 Å². The van der Waals surface area contributed by atoms with E-state index < -0.39 is 11.0 Å². The third-order valence-corrected chi connectivity index (χ3v) is 9.29. The number of nitrogens with two attached hydrogens (primary N) is 2. The van der Waals surface area contributed by atoms with Crippen LogP contribution in [0.15, 0.2) is 18.0 Å². The first kappa shape index (κ1) is 25.6. The Bertz CT molecular complexity index is 799. The van der Waals surface area contributed by atoms with Crippen molar-refractivity contribution in [2.45, 2.75) is 70.4 Å². The average Bonchev–Trinajstić information content (AvgIpc) is 3.18. The Morgan fingerprint density at radius 1 is 1.41 bits per heavy atom. The summed E-state index contributed by atoms with van der Waals surface area (Å²) in [6, 6.07) is 2.96. The molecule has 9 heteroatoms. The largest absolute Gasteiger partial charge is 0.400 e. The quantitative estimate of drug-likeness (QED) is 0.368. The monoisotopic (exact) mass is 483 g/mol. The van der Waals surface area contributed by atoms with Gasteiger partial charge in [0.1, 0.15) is 0 Å². The first-order valence-electron chi connectivity index (χ1n) is 11.9. The topological polar surface area (TPSA) is 99.1 Å². The van der Waals surface area contributed by atoms with E-state index >= 15 is 0 Å². The summed E-state index contributed by atoms with van der Waals surface area (Å²) in [6.07, 6.45) is 9.63. The van der Waals surface area contributed by atoms with E-state index in [1.165, 1.54) is 15.3 Å². The standard InChI is InChI=1S/C23H41N5O2S2/c1-4-21-13-22(23(31-21)8-11-29)18-7-10-26(17(2)12-18)14-19(24)15-28(25)20-6-5-9-27(16-20)32(3)30/h13,15,17-18,20,29H,4-12,14,16,24-25H2,1-3H3/b19-15-. The van der Waals surface area contributed by atoms with Gasteiger partial charge in [-0.2, -0.15) is 0 Å². The number of hydrogen-bond acceptors (Lipinski definition) is 7. The zero-order valence-corrected chi connectivity index (χ0v) is 21.5. The Balaban J connectivity index is 1.57. The second-order valence-corrected chi connectivity index (χ2v) is 11.8. The van der Waals surface area contributed by atoms with Gasteiger partial charge in [0.25, 0.3) is 0 Å².